The van der Waals surface area contributed by atoms with E-state index in [0.29, 0.717) is 6.04 Å². The average Bonchev–Trinajstić information content (AvgIpc) is 2.20. The molecule has 0 aromatic rings. The van der Waals surface area contributed by atoms with Crippen LogP contribution in [-0.2, 0) is 0 Å². The molecule has 0 aliphatic heterocycles. The highest BCUT2D eigenvalue weighted by Crippen LogP contribution is 2.16. The van der Waals surface area contributed by atoms with Crippen LogP contribution < -0.4 is 5.32 Å². The van der Waals surface area contributed by atoms with E-state index >= 15 is 0 Å². The van der Waals surface area contributed by atoms with Crippen molar-refractivity contribution >= 4 is 0 Å². The molecule has 100 valence electrons. The molecule has 0 bridgehead atoms. The van der Waals surface area contributed by atoms with Gasteiger partial charge < -0.3 is 10.2 Å². The monoisotopic (exact) mass is 238 g/mol. The first kappa shape index (κ1) is 16.2. The topological polar surface area (TPSA) is 15.3 Å². The van der Waals surface area contributed by atoms with Gasteiger partial charge in [0.2, 0.25) is 0 Å². The van der Waals surface area contributed by atoms with Gasteiger partial charge in [0.25, 0.3) is 0 Å². The summed E-state index contributed by atoms with van der Waals surface area (Å²) in [6.45, 7) is 23.1. The first-order valence-corrected chi connectivity index (χ1v) is 6.55. The van der Waals surface area contributed by atoms with Crippen molar-refractivity contribution in [3.05, 3.63) is 24.4 Å². The quantitative estimate of drug-likeness (QED) is 0.682. The van der Waals surface area contributed by atoms with E-state index in [1.165, 1.54) is 0 Å². The van der Waals surface area contributed by atoms with E-state index in [-0.39, 0.29) is 5.54 Å². The zero-order chi connectivity index (χ0) is 13.6. The number of nitrogens with zero attached hydrogens (tertiary/aromatic N) is 1. The molecule has 1 atom stereocenters. The molecule has 2 nitrogen and oxygen atoms in total. The van der Waals surface area contributed by atoms with Gasteiger partial charge in [0.15, 0.2) is 0 Å². The third-order valence-corrected chi connectivity index (χ3v) is 2.97. The van der Waals surface area contributed by atoms with Crippen LogP contribution in [0.3, 0.4) is 0 Å². The summed E-state index contributed by atoms with van der Waals surface area (Å²) in [5.41, 5.74) is 2.29. The van der Waals surface area contributed by atoms with Crippen LogP contribution in [0.4, 0.5) is 0 Å². The zero-order valence-corrected chi connectivity index (χ0v) is 12.6. The normalized spacial score (nSPS) is 13.3. The van der Waals surface area contributed by atoms with Gasteiger partial charge in [0.05, 0.1) is 0 Å². The Morgan fingerprint density at radius 3 is 2.18 bits per heavy atom. The highest BCUT2D eigenvalue weighted by atomic mass is 15.2. The third-order valence-electron chi connectivity index (χ3n) is 2.97. The molecule has 0 radical (unpaired) electrons. The van der Waals surface area contributed by atoms with Crippen molar-refractivity contribution < 1.29 is 0 Å². The summed E-state index contributed by atoms with van der Waals surface area (Å²) in [5.74, 6) is 0. The maximum atomic E-state index is 4.14. The summed E-state index contributed by atoms with van der Waals surface area (Å²) >= 11 is 0. The van der Waals surface area contributed by atoms with Gasteiger partial charge in [-0.15, -0.1) is 0 Å². The minimum absolute atomic E-state index is 0.172. The Bertz CT molecular complexity index is 261. The largest absolute Gasteiger partial charge is 0.368 e. The Hall–Kier alpha value is -0.760. The predicted octanol–water partition coefficient (Wildman–Crippen LogP) is 3.56. The molecule has 0 saturated carbocycles. The molecule has 1 N–H and O–H groups in total. The number of hydrogen-bond acceptors (Lipinski definition) is 2. The molecule has 0 aliphatic carbocycles. The van der Waals surface area contributed by atoms with Gasteiger partial charge in [-0.1, -0.05) is 20.1 Å². The van der Waals surface area contributed by atoms with Crippen molar-refractivity contribution in [2.75, 3.05) is 13.1 Å². The number of rotatable bonds is 7. The van der Waals surface area contributed by atoms with Gasteiger partial charge in [-0.25, -0.2) is 0 Å². The second-order valence-corrected chi connectivity index (χ2v) is 5.85. The average molecular weight is 238 g/mol. The maximum absolute atomic E-state index is 4.14. The van der Waals surface area contributed by atoms with Crippen LogP contribution in [0, 0.1) is 0 Å². The molecule has 1 unspecified atom stereocenters. The molecular formula is C15H30N2. The standard InChI is InChI=1S/C15H30N2/c1-9-13(4)17(14(5)12(2)3)11-10-16-15(6,7)8/h13,16H,2,5,9-11H2,1,3-4,6-8H3. The molecule has 0 amide bonds. The molecule has 0 aliphatic rings. The number of nitrogens with one attached hydrogen (secondary N) is 1. The van der Waals surface area contributed by atoms with Gasteiger partial charge in [-0.05, 0) is 46.6 Å². The molecule has 2 heteroatoms. The lowest BCUT2D eigenvalue weighted by atomic mass is 10.1. The summed E-state index contributed by atoms with van der Waals surface area (Å²) in [6, 6.07) is 0.515. The molecular weight excluding hydrogens is 208 g/mol. The lowest BCUT2D eigenvalue weighted by Gasteiger charge is -2.34. The Kier molecular flexibility index (Phi) is 6.54. The fraction of sp³-hybridized carbons (Fsp3) is 0.733. The highest BCUT2D eigenvalue weighted by molar-refractivity contribution is 5.22. The zero-order valence-electron chi connectivity index (χ0n) is 12.6. The third kappa shape index (κ3) is 6.52. The summed E-state index contributed by atoms with van der Waals surface area (Å²) in [4.78, 5) is 2.35. The van der Waals surface area contributed by atoms with Crippen molar-refractivity contribution in [3.63, 3.8) is 0 Å². The van der Waals surface area contributed by atoms with Crippen LogP contribution in [0.5, 0.6) is 0 Å². The molecule has 0 saturated heterocycles. The van der Waals surface area contributed by atoms with Crippen molar-refractivity contribution in [1.82, 2.24) is 10.2 Å². The van der Waals surface area contributed by atoms with Crippen LogP contribution in [0.15, 0.2) is 24.4 Å². The van der Waals surface area contributed by atoms with Crippen molar-refractivity contribution in [1.29, 1.82) is 0 Å². The van der Waals surface area contributed by atoms with Gasteiger partial charge in [-0.2, -0.15) is 0 Å². The van der Waals surface area contributed by atoms with Crippen molar-refractivity contribution in [2.45, 2.75) is 59.5 Å². The molecule has 0 rings (SSSR count). The predicted molar refractivity (Wildman–Crippen MR) is 78.2 cm³/mol. The number of hydrogen-bond donors (Lipinski definition) is 1. The van der Waals surface area contributed by atoms with Crippen LogP contribution >= 0.6 is 0 Å². The summed E-state index contributed by atoms with van der Waals surface area (Å²) in [5, 5.41) is 3.51. The fourth-order valence-corrected chi connectivity index (χ4v) is 1.64. The van der Waals surface area contributed by atoms with E-state index in [1.54, 1.807) is 0 Å². The lowest BCUT2D eigenvalue weighted by molar-refractivity contribution is 0.256. The van der Waals surface area contributed by atoms with Crippen LogP contribution in [-0.4, -0.2) is 29.6 Å². The van der Waals surface area contributed by atoms with Gasteiger partial charge in [0, 0.05) is 30.4 Å². The second-order valence-electron chi connectivity index (χ2n) is 5.85. The molecule has 0 aromatic carbocycles. The minimum atomic E-state index is 0.172. The first-order valence-electron chi connectivity index (χ1n) is 6.55. The summed E-state index contributed by atoms with van der Waals surface area (Å²) in [7, 11) is 0. The minimum Gasteiger partial charge on any atom is -0.368 e. The summed E-state index contributed by atoms with van der Waals surface area (Å²) in [6.07, 6.45) is 1.13. The molecule has 0 fully saturated rings. The number of allylic oxidation sites excluding steroid dienone is 1. The van der Waals surface area contributed by atoms with E-state index in [0.717, 1.165) is 30.8 Å². The summed E-state index contributed by atoms with van der Waals surface area (Å²) < 4.78 is 0. The smallest absolute Gasteiger partial charge is 0.0319 e. The molecule has 0 heterocycles. The molecule has 17 heavy (non-hydrogen) atoms. The van der Waals surface area contributed by atoms with Gasteiger partial charge in [0.1, 0.15) is 0 Å². The van der Waals surface area contributed by atoms with Crippen LogP contribution in [0.1, 0.15) is 48.0 Å². The van der Waals surface area contributed by atoms with E-state index in [9.17, 15) is 0 Å². The lowest BCUT2D eigenvalue weighted by Crippen LogP contribution is -2.43. The van der Waals surface area contributed by atoms with Crippen molar-refractivity contribution in [2.24, 2.45) is 0 Å². The second kappa shape index (κ2) is 6.85. The van der Waals surface area contributed by atoms with Crippen LogP contribution in [0.25, 0.3) is 0 Å². The van der Waals surface area contributed by atoms with Crippen molar-refractivity contribution in [3.8, 4) is 0 Å². The Morgan fingerprint density at radius 2 is 1.82 bits per heavy atom. The fourth-order valence-electron chi connectivity index (χ4n) is 1.64. The Labute approximate surface area is 108 Å². The SMILES string of the molecule is C=C(C)C(=C)N(CCNC(C)(C)C)C(C)CC. The van der Waals surface area contributed by atoms with Gasteiger partial charge in [-0.3, -0.25) is 0 Å². The Morgan fingerprint density at radius 1 is 1.29 bits per heavy atom. The van der Waals surface area contributed by atoms with Gasteiger partial charge >= 0.3 is 0 Å². The maximum Gasteiger partial charge on any atom is 0.0319 e. The van der Waals surface area contributed by atoms with E-state index in [2.05, 4.69) is 58.0 Å². The first-order chi connectivity index (χ1) is 7.69. The molecule has 0 aromatic heterocycles. The van der Waals surface area contributed by atoms with Crippen LogP contribution in [0.2, 0.25) is 0 Å². The van der Waals surface area contributed by atoms with E-state index in [4.69, 9.17) is 0 Å². The van der Waals surface area contributed by atoms with E-state index in [1.807, 2.05) is 6.92 Å². The highest BCUT2D eigenvalue weighted by Gasteiger charge is 2.15. The van der Waals surface area contributed by atoms with E-state index < -0.39 is 0 Å². The Balaban J connectivity index is 4.41. The molecule has 0 spiro atoms.